The van der Waals surface area contributed by atoms with Crippen LogP contribution in [0.4, 0.5) is 0 Å². The van der Waals surface area contributed by atoms with Gasteiger partial charge in [0.15, 0.2) is 5.41 Å². The first kappa shape index (κ1) is 19.4. The van der Waals surface area contributed by atoms with Crippen LogP contribution in [0.3, 0.4) is 0 Å². The van der Waals surface area contributed by atoms with Crippen LogP contribution in [0.25, 0.3) is 0 Å². The van der Waals surface area contributed by atoms with E-state index in [0.29, 0.717) is 5.75 Å². The fourth-order valence-electron chi connectivity index (χ4n) is 3.86. The maximum atomic E-state index is 12.5. The maximum Gasteiger partial charge on any atom is 0.323 e. The van der Waals surface area contributed by atoms with Gasteiger partial charge in [-0.25, -0.2) is 0 Å². The molecule has 0 saturated carbocycles. The Morgan fingerprint density at radius 1 is 1.00 bits per heavy atom. The summed E-state index contributed by atoms with van der Waals surface area (Å²) in [6.45, 7) is 1.95. The lowest BCUT2D eigenvalue weighted by Gasteiger charge is -2.27. The smallest absolute Gasteiger partial charge is 0.323 e. The lowest BCUT2D eigenvalue weighted by atomic mass is 9.68. The van der Waals surface area contributed by atoms with Gasteiger partial charge in [0, 0.05) is 5.92 Å². The van der Waals surface area contributed by atoms with E-state index in [1.54, 1.807) is 31.4 Å². The zero-order chi connectivity index (χ0) is 20.3. The molecule has 0 radical (unpaired) electrons. The molecule has 0 bridgehead atoms. The molecule has 1 fully saturated rings. The Balaban J connectivity index is 2.16. The largest absolute Gasteiger partial charge is 0.497 e. The summed E-state index contributed by atoms with van der Waals surface area (Å²) in [5.74, 6) is -0.514. The Morgan fingerprint density at radius 2 is 1.57 bits per heavy atom. The Hall–Kier alpha value is -3.35. The molecular weight excluding hydrogens is 354 g/mol. The Kier molecular flexibility index (Phi) is 5.35. The van der Waals surface area contributed by atoms with Gasteiger partial charge < -0.3 is 9.47 Å². The van der Waals surface area contributed by atoms with Crippen molar-refractivity contribution in [3.05, 3.63) is 65.2 Å². The highest BCUT2D eigenvalue weighted by Crippen LogP contribution is 2.52. The van der Waals surface area contributed by atoms with Crippen molar-refractivity contribution in [1.29, 1.82) is 10.5 Å². The minimum Gasteiger partial charge on any atom is -0.497 e. The zero-order valence-electron chi connectivity index (χ0n) is 16.0. The van der Waals surface area contributed by atoms with Crippen LogP contribution in [0.15, 0.2) is 48.5 Å². The van der Waals surface area contributed by atoms with Gasteiger partial charge in [-0.1, -0.05) is 42.0 Å². The van der Waals surface area contributed by atoms with E-state index in [-0.39, 0.29) is 0 Å². The number of nitrogens with one attached hydrogen (secondary N) is 1. The van der Waals surface area contributed by atoms with Crippen LogP contribution in [0.1, 0.15) is 28.7 Å². The van der Waals surface area contributed by atoms with E-state index in [9.17, 15) is 15.3 Å². The predicted octanol–water partition coefficient (Wildman–Crippen LogP) is 3.01. The number of carbonyl (C=O) groups excluding carboxylic acids is 1. The number of nitriles is 2. The topological polar surface area (TPSA) is 95.1 Å². The quantitative estimate of drug-likeness (QED) is 0.826. The number of methoxy groups -OCH3 is 2. The Bertz CT molecular complexity index is 925. The number of hydrogen-bond acceptors (Lipinski definition) is 6. The van der Waals surface area contributed by atoms with Gasteiger partial charge in [-0.2, -0.15) is 10.5 Å². The summed E-state index contributed by atoms with van der Waals surface area (Å²) in [5, 5.41) is 23.4. The number of ether oxygens (including phenoxy) is 2. The number of benzene rings is 2. The molecule has 3 rings (SSSR count). The Morgan fingerprint density at radius 3 is 2.07 bits per heavy atom. The maximum absolute atomic E-state index is 12.5. The number of esters is 1. The van der Waals surface area contributed by atoms with Gasteiger partial charge >= 0.3 is 5.97 Å². The van der Waals surface area contributed by atoms with Crippen molar-refractivity contribution in [2.45, 2.75) is 24.9 Å². The van der Waals surface area contributed by atoms with Crippen LogP contribution in [-0.4, -0.2) is 26.2 Å². The van der Waals surface area contributed by atoms with E-state index >= 15 is 0 Å². The highest BCUT2D eigenvalue weighted by Gasteiger charge is 2.60. The van der Waals surface area contributed by atoms with Crippen LogP contribution in [0.5, 0.6) is 5.75 Å². The van der Waals surface area contributed by atoms with Crippen LogP contribution >= 0.6 is 0 Å². The number of carbonyl (C=O) groups is 1. The summed E-state index contributed by atoms with van der Waals surface area (Å²) >= 11 is 0. The molecule has 142 valence electrons. The summed E-state index contributed by atoms with van der Waals surface area (Å²) in [6.07, 6.45) is 0. The van der Waals surface area contributed by atoms with Gasteiger partial charge in [-0.05, 0) is 30.2 Å². The molecule has 1 aliphatic heterocycles. The second-order valence-electron chi connectivity index (χ2n) is 6.85. The summed E-state index contributed by atoms with van der Waals surface area (Å²) in [6, 6.07) is 17.6. The van der Waals surface area contributed by atoms with E-state index < -0.39 is 29.4 Å². The number of rotatable bonds is 4. The van der Waals surface area contributed by atoms with Gasteiger partial charge in [0.2, 0.25) is 0 Å². The van der Waals surface area contributed by atoms with E-state index in [1.165, 1.54) is 7.11 Å². The van der Waals surface area contributed by atoms with Gasteiger partial charge in [0.1, 0.15) is 11.8 Å². The molecule has 28 heavy (non-hydrogen) atoms. The molecular formula is C22H21N3O3. The fraction of sp³-hybridized carbons (Fsp3) is 0.318. The second kappa shape index (κ2) is 7.72. The van der Waals surface area contributed by atoms with Crippen molar-refractivity contribution in [3.63, 3.8) is 0 Å². The monoisotopic (exact) mass is 375 g/mol. The van der Waals surface area contributed by atoms with Crippen LogP contribution in [0, 0.1) is 35.0 Å². The molecule has 6 heteroatoms. The van der Waals surface area contributed by atoms with Gasteiger partial charge in [-0.3, -0.25) is 10.1 Å². The van der Waals surface area contributed by atoms with Crippen LogP contribution in [0.2, 0.25) is 0 Å². The fourth-order valence-corrected chi connectivity index (χ4v) is 3.86. The van der Waals surface area contributed by atoms with Crippen molar-refractivity contribution >= 4 is 5.97 Å². The predicted molar refractivity (Wildman–Crippen MR) is 102 cm³/mol. The highest BCUT2D eigenvalue weighted by atomic mass is 16.5. The van der Waals surface area contributed by atoms with Crippen molar-refractivity contribution in [1.82, 2.24) is 5.32 Å². The molecule has 0 aromatic heterocycles. The third-order valence-electron chi connectivity index (χ3n) is 5.34. The molecule has 2 aromatic carbocycles. The summed E-state index contributed by atoms with van der Waals surface area (Å²) in [5.41, 5.74) is 1.04. The molecule has 2 aromatic rings. The van der Waals surface area contributed by atoms with Crippen molar-refractivity contribution in [3.8, 4) is 17.9 Å². The zero-order valence-corrected chi connectivity index (χ0v) is 16.0. The van der Waals surface area contributed by atoms with Crippen LogP contribution in [-0.2, 0) is 9.53 Å². The average Bonchev–Trinajstić information content (AvgIpc) is 3.09. The second-order valence-corrected chi connectivity index (χ2v) is 6.85. The molecule has 0 spiro atoms. The third kappa shape index (κ3) is 3.09. The van der Waals surface area contributed by atoms with Crippen LogP contribution < -0.4 is 10.1 Å². The lowest BCUT2D eigenvalue weighted by Crippen LogP contribution is -2.37. The molecule has 0 unspecified atom stereocenters. The van der Waals surface area contributed by atoms with Crippen molar-refractivity contribution < 1.29 is 14.3 Å². The summed E-state index contributed by atoms with van der Waals surface area (Å²) < 4.78 is 10.2. The van der Waals surface area contributed by atoms with E-state index in [4.69, 9.17) is 9.47 Å². The molecule has 0 amide bonds. The molecule has 3 atom stereocenters. The first-order valence-electron chi connectivity index (χ1n) is 8.87. The number of aryl methyl sites for hydroxylation is 1. The number of hydrogen-bond donors (Lipinski definition) is 1. The Labute approximate surface area is 164 Å². The lowest BCUT2D eigenvalue weighted by molar-refractivity contribution is -0.143. The van der Waals surface area contributed by atoms with Gasteiger partial charge in [0.05, 0.1) is 32.4 Å². The average molecular weight is 375 g/mol. The first-order chi connectivity index (χ1) is 13.5. The standard InChI is InChI=1S/C22H21N3O3/c1-14-4-6-15(7-5-14)18-19(21(26)28-3)25-20(22(18,12-23)13-24)16-8-10-17(27-2)11-9-16/h4-11,18-20,25H,1-3H3/t18-,19+,20-/m0/s1. The molecule has 1 heterocycles. The van der Waals surface area contributed by atoms with Gasteiger partial charge in [0.25, 0.3) is 0 Å². The molecule has 0 aliphatic carbocycles. The highest BCUT2D eigenvalue weighted by molar-refractivity contribution is 5.79. The van der Waals surface area contributed by atoms with Crippen molar-refractivity contribution in [2.75, 3.05) is 14.2 Å². The van der Waals surface area contributed by atoms with Gasteiger partial charge in [-0.15, -0.1) is 0 Å². The van der Waals surface area contributed by atoms with E-state index in [2.05, 4.69) is 17.5 Å². The summed E-state index contributed by atoms with van der Waals surface area (Å²) in [7, 11) is 2.87. The SMILES string of the molecule is COC(=O)[C@@H]1N[C@@H](c2ccc(OC)cc2)C(C#N)(C#N)[C@H]1c1ccc(C)cc1. The van der Waals surface area contributed by atoms with E-state index in [0.717, 1.165) is 16.7 Å². The summed E-state index contributed by atoms with van der Waals surface area (Å²) in [4.78, 5) is 12.5. The normalized spacial score (nSPS) is 22.7. The molecule has 1 saturated heterocycles. The molecule has 6 nitrogen and oxygen atoms in total. The molecule has 1 N–H and O–H groups in total. The minimum absolute atomic E-state index is 0.503. The first-order valence-corrected chi connectivity index (χ1v) is 8.87. The number of nitrogens with zero attached hydrogens (tertiary/aromatic N) is 2. The van der Waals surface area contributed by atoms with E-state index in [1.807, 2.05) is 31.2 Å². The molecule has 1 aliphatic rings. The van der Waals surface area contributed by atoms with Crippen molar-refractivity contribution in [2.24, 2.45) is 5.41 Å². The third-order valence-corrected chi connectivity index (χ3v) is 5.34. The minimum atomic E-state index is -1.48.